The zero-order valence-corrected chi connectivity index (χ0v) is 16.0. The molecule has 0 spiro atoms. The number of carbonyl (C=O) groups is 1. The normalized spacial score (nSPS) is 38.5. The SMILES string of the molecule is CCN(C)C(=O)C1[C@H]2CN(C3CC4CCC3CN4c3nc(C)no3)C[C@@H]12. The number of aryl methyl sites for hydroxylation is 1. The van der Waals surface area contributed by atoms with Gasteiger partial charge >= 0.3 is 6.01 Å². The van der Waals surface area contributed by atoms with Gasteiger partial charge in [0.05, 0.1) is 0 Å². The summed E-state index contributed by atoms with van der Waals surface area (Å²) in [5.41, 5.74) is 0. The first kappa shape index (κ1) is 16.5. The Balaban J connectivity index is 1.21. The van der Waals surface area contributed by atoms with Crippen molar-refractivity contribution in [1.82, 2.24) is 19.9 Å². The van der Waals surface area contributed by atoms with Crippen molar-refractivity contribution >= 4 is 11.9 Å². The molecule has 2 saturated carbocycles. The van der Waals surface area contributed by atoms with Crippen LogP contribution in [0.1, 0.15) is 32.0 Å². The highest BCUT2D eigenvalue weighted by Crippen LogP contribution is 2.54. The van der Waals surface area contributed by atoms with E-state index in [0.29, 0.717) is 53.5 Å². The highest BCUT2D eigenvalue weighted by Gasteiger charge is 2.61. The molecule has 7 nitrogen and oxygen atoms in total. The summed E-state index contributed by atoms with van der Waals surface area (Å²) in [6, 6.07) is 1.89. The molecule has 2 aliphatic carbocycles. The number of rotatable bonds is 4. The molecule has 6 atom stereocenters. The topological polar surface area (TPSA) is 65.7 Å². The molecule has 0 N–H and O–H groups in total. The van der Waals surface area contributed by atoms with Crippen LogP contribution >= 0.6 is 0 Å². The Morgan fingerprint density at radius 1 is 1.27 bits per heavy atom. The minimum Gasteiger partial charge on any atom is -0.346 e. The summed E-state index contributed by atoms with van der Waals surface area (Å²) in [6.07, 6.45) is 3.72. The van der Waals surface area contributed by atoms with E-state index < -0.39 is 0 Å². The third-order valence-corrected chi connectivity index (χ3v) is 7.39. The minimum atomic E-state index is 0.301. The summed E-state index contributed by atoms with van der Waals surface area (Å²) in [7, 11) is 1.93. The number of fused-ring (bicyclic) bond motifs is 4. The van der Waals surface area contributed by atoms with E-state index in [9.17, 15) is 4.79 Å². The maximum absolute atomic E-state index is 12.4. The number of nitrogens with zero attached hydrogens (tertiary/aromatic N) is 5. The fourth-order valence-electron chi connectivity index (χ4n) is 5.78. The van der Waals surface area contributed by atoms with E-state index in [1.807, 2.05) is 18.9 Å². The first-order valence-corrected chi connectivity index (χ1v) is 10.1. The van der Waals surface area contributed by atoms with Gasteiger partial charge in [-0.1, -0.05) is 5.16 Å². The number of amides is 1. The molecule has 5 aliphatic rings. The van der Waals surface area contributed by atoms with Gasteiger partial charge < -0.3 is 14.3 Å². The predicted molar refractivity (Wildman–Crippen MR) is 96.7 cm³/mol. The van der Waals surface area contributed by atoms with E-state index in [1.54, 1.807) is 0 Å². The second-order valence-corrected chi connectivity index (χ2v) is 8.73. The molecular weight excluding hydrogens is 330 g/mol. The molecule has 5 fully saturated rings. The molecule has 0 aromatic carbocycles. The molecule has 142 valence electrons. The van der Waals surface area contributed by atoms with Crippen LogP contribution in [0.2, 0.25) is 0 Å². The molecule has 1 aromatic heterocycles. The zero-order chi connectivity index (χ0) is 18.0. The molecule has 0 radical (unpaired) electrons. The Bertz CT molecular complexity index is 694. The Kier molecular flexibility index (Phi) is 3.78. The lowest BCUT2D eigenvalue weighted by atomic mass is 9.75. The van der Waals surface area contributed by atoms with Crippen molar-refractivity contribution in [2.45, 2.75) is 45.2 Å². The van der Waals surface area contributed by atoms with Gasteiger partial charge in [-0.05, 0) is 50.9 Å². The Morgan fingerprint density at radius 2 is 2.04 bits per heavy atom. The fraction of sp³-hybridized carbons (Fsp3) is 0.842. The van der Waals surface area contributed by atoms with Crippen molar-refractivity contribution in [2.24, 2.45) is 23.7 Å². The Labute approximate surface area is 154 Å². The second kappa shape index (κ2) is 5.94. The highest BCUT2D eigenvalue weighted by atomic mass is 16.5. The lowest BCUT2D eigenvalue weighted by Crippen LogP contribution is -2.59. The standard InChI is InChI=1S/C19H29N5O2/c1-4-22(3)18(25)17-14-9-23(10-15(14)17)16-7-13-6-5-12(16)8-24(13)19-20-11(2)21-26-19/h12-17H,4-10H2,1-3H3/t12?,13?,14-,15+,16?,17?. The van der Waals surface area contributed by atoms with Crippen LogP contribution in [0.4, 0.5) is 6.01 Å². The van der Waals surface area contributed by atoms with E-state index in [-0.39, 0.29) is 0 Å². The van der Waals surface area contributed by atoms with E-state index in [4.69, 9.17) is 4.52 Å². The molecule has 3 aliphatic heterocycles. The maximum atomic E-state index is 12.4. The fourth-order valence-corrected chi connectivity index (χ4v) is 5.78. The summed E-state index contributed by atoms with van der Waals surface area (Å²) in [5.74, 6) is 3.26. The Morgan fingerprint density at radius 3 is 2.62 bits per heavy atom. The predicted octanol–water partition coefficient (Wildman–Crippen LogP) is 1.39. The summed E-state index contributed by atoms with van der Waals surface area (Å²) < 4.78 is 5.42. The second-order valence-electron chi connectivity index (χ2n) is 8.73. The van der Waals surface area contributed by atoms with Gasteiger partial charge in [-0.25, -0.2) is 0 Å². The third-order valence-electron chi connectivity index (χ3n) is 7.39. The number of piperidine rings is 3. The van der Waals surface area contributed by atoms with Crippen molar-refractivity contribution in [3.63, 3.8) is 0 Å². The van der Waals surface area contributed by atoms with Crippen LogP contribution in [0.3, 0.4) is 0 Å². The molecule has 26 heavy (non-hydrogen) atoms. The van der Waals surface area contributed by atoms with Gasteiger partial charge in [0.1, 0.15) is 0 Å². The summed E-state index contributed by atoms with van der Waals surface area (Å²) in [6.45, 7) is 8.01. The molecular formula is C19H29N5O2. The minimum absolute atomic E-state index is 0.301. The van der Waals surface area contributed by atoms with Crippen LogP contribution in [-0.4, -0.2) is 71.2 Å². The van der Waals surface area contributed by atoms with Crippen LogP contribution in [0, 0.1) is 30.6 Å². The largest absolute Gasteiger partial charge is 0.346 e. The molecule has 1 amide bonds. The number of hydrogen-bond donors (Lipinski definition) is 0. The number of carbonyl (C=O) groups excluding carboxylic acids is 1. The first-order valence-electron chi connectivity index (χ1n) is 10.1. The molecule has 1 aromatic rings. The number of likely N-dealkylation sites (tertiary alicyclic amines) is 1. The van der Waals surface area contributed by atoms with Gasteiger partial charge in [0.15, 0.2) is 5.82 Å². The molecule has 2 bridgehead atoms. The molecule has 6 rings (SSSR count). The van der Waals surface area contributed by atoms with Gasteiger partial charge in [-0.3, -0.25) is 9.69 Å². The summed E-state index contributed by atoms with van der Waals surface area (Å²) in [5, 5.41) is 3.96. The van der Waals surface area contributed by atoms with Crippen LogP contribution < -0.4 is 4.90 Å². The van der Waals surface area contributed by atoms with E-state index >= 15 is 0 Å². The van der Waals surface area contributed by atoms with E-state index in [2.05, 4.69) is 26.9 Å². The molecule has 7 heteroatoms. The average molecular weight is 359 g/mol. The van der Waals surface area contributed by atoms with Crippen LogP contribution in [0.15, 0.2) is 4.52 Å². The third kappa shape index (κ3) is 2.47. The van der Waals surface area contributed by atoms with E-state index in [0.717, 1.165) is 26.2 Å². The quantitative estimate of drug-likeness (QED) is 0.809. The lowest BCUT2D eigenvalue weighted by Gasteiger charge is -2.51. The summed E-state index contributed by atoms with van der Waals surface area (Å²) >= 11 is 0. The van der Waals surface area contributed by atoms with Gasteiger partial charge in [0, 0.05) is 51.2 Å². The van der Waals surface area contributed by atoms with Gasteiger partial charge in [0.25, 0.3) is 0 Å². The summed E-state index contributed by atoms with van der Waals surface area (Å²) in [4.78, 5) is 23.8. The van der Waals surface area contributed by atoms with Crippen LogP contribution in [0.5, 0.6) is 0 Å². The van der Waals surface area contributed by atoms with Gasteiger partial charge in [-0.15, -0.1) is 0 Å². The van der Waals surface area contributed by atoms with Crippen molar-refractivity contribution in [3.05, 3.63) is 5.82 Å². The number of aromatic nitrogens is 2. The van der Waals surface area contributed by atoms with Crippen molar-refractivity contribution in [2.75, 3.05) is 38.1 Å². The van der Waals surface area contributed by atoms with Crippen molar-refractivity contribution in [3.8, 4) is 0 Å². The maximum Gasteiger partial charge on any atom is 0.324 e. The van der Waals surface area contributed by atoms with Crippen molar-refractivity contribution < 1.29 is 9.32 Å². The van der Waals surface area contributed by atoms with Crippen molar-refractivity contribution in [1.29, 1.82) is 0 Å². The van der Waals surface area contributed by atoms with Gasteiger partial charge in [0.2, 0.25) is 5.91 Å². The monoisotopic (exact) mass is 359 g/mol. The average Bonchev–Trinajstić information content (AvgIpc) is 3.00. The first-order chi connectivity index (χ1) is 12.6. The van der Waals surface area contributed by atoms with Gasteiger partial charge in [-0.2, -0.15) is 4.98 Å². The zero-order valence-electron chi connectivity index (χ0n) is 16.0. The molecule has 3 saturated heterocycles. The van der Waals surface area contributed by atoms with Crippen LogP contribution in [0.25, 0.3) is 0 Å². The number of anilines is 1. The molecule has 4 heterocycles. The smallest absolute Gasteiger partial charge is 0.324 e. The molecule has 4 unspecified atom stereocenters. The van der Waals surface area contributed by atoms with E-state index in [1.165, 1.54) is 19.3 Å². The van der Waals surface area contributed by atoms with Crippen LogP contribution in [-0.2, 0) is 4.79 Å². The highest BCUT2D eigenvalue weighted by molar-refractivity contribution is 5.82. The lowest BCUT2D eigenvalue weighted by molar-refractivity contribution is -0.132. The number of hydrogen-bond acceptors (Lipinski definition) is 6. The Hall–Kier alpha value is -1.63.